The Labute approximate surface area is 336 Å². The number of carbonyl (C=O) groups excluding carboxylic acids is 3. The zero-order valence-corrected chi connectivity index (χ0v) is 33.7. The number of methoxy groups -OCH3 is 1. The number of halogens is 1. The minimum atomic E-state index is -0.286. The average Bonchev–Trinajstić information content (AvgIpc) is 3.21. The lowest BCUT2D eigenvalue weighted by Crippen LogP contribution is -2.49. The van der Waals surface area contributed by atoms with Crippen LogP contribution < -0.4 is 19.7 Å². The molecule has 3 amide bonds. The molecule has 1 aliphatic rings. The molecule has 0 radical (unpaired) electrons. The molecule has 1 heterocycles. The summed E-state index contributed by atoms with van der Waals surface area (Å²) in [5.74, 6) is 0.611. The first-order valence-corrected chi connectivity index (χ1v) is 19.0. The van der Waals surface area contributed by atoms with Crippen molar-refractivity contribution in [2.24, 2.45) is 0 Å². The predicted molar refractivity (Wildman–Crippen MR) is 224 cm³/mol. The number of benzene rings is 4. The molecule has 4 aromatic rings. The first-order chi connectivity index (χ1) is 26.7. The lowest BCUT2D eigenvalue weighted by molar-refractivity contribution is -0.133. The van der Waals surface area contributed by atoms with Gasteiger partial charge in [-0.2, -0.15) is 0 Å². The van der Waals surface area contributed by atoms with Gasteiger partial charge in [0, 0.05) is 57.3 Å². The van der Waals surface area contributed by atoms with E-state index in [1.165, 1.54) is 7.11 Å². The number of nitrogens with zero attached hydrogens (tertiary/aromatic N) is 3. The number of aliphatic hydroxyl groups is 1. The van der Waals surface area contributed by atoms with Crippen LogP contribution in [-0.2, 0) is 9.53 Å². The normalized spacial score (nSPS) is 12.8. The van der Waals surface area contributed by atoms with Crippen molar-refractivity contribution in [3.63, 3.8) is 0 Å². The maximum absolute atomic E-state index is 13.8. The van der Waals surface area contributed by atoms with Gasteiger partial charge in [-0.05, 0) is 86.2 Å². The Hall–Kier alpha value is -4.94. The van der Waals surface area contributed by atoms with Crippen molar-refractivity contribution >= 4 is 41.5 Å². The van der Waals surface area contributed by atoms with Crippen LogP contribution in [0.25, 0.3) is 11.1 Å². The molecule has 0 spiro atoms. The molecule has 0 aromatic heterocycles. The quantitative estimate of drug-likeness (QED) is 0.103. The van der Waals surface area contributed by atoms with E-state index in [0.717, 1.165) is 74.2 Å². The summed E-state index contributed by atoms with van der Waals surface area (Å²) in [6.45, 7) is 9.36. The highest BCUT2D eigenvalue weighted by Crippen LogP contribution is 2.33. The average molecular weight is 787 g/mol. The summed E-state index contributed by atoms with van der Waals surface area (Å²) < 4.78 is 17.2. The van der Waals surface area contributed by atoms with Gasteiger partial charge in [0.2, 0.25) is 5.91 Å². The molecule has 1 fully saturated rings. The lowest BCUT2D eigenvalue weighted by Gasteiger charge is -2.34. The molecule has 4 aromatic carbocycles. The highest BCUT2D eigenvalue weighted by atomic mass is 35.5. The molecular weight excluding hydrogens is 732 g/mol. The molecule has 0 bridgehead atoms. The number of ether oxygens (including phenoxy) is 3. The van der Waals surface area contributed by atoms with Crippen LogP contribution in [0.1, 0.15) is 57.5 Å². The maximum atomic E-state index is 13.8. The SMILES string of the molecule is COc1cc(C(=O)N(C)c2ccc(C)cc2OCCCCCC(=O)N2CCN(CCOCCO)CC2)ccc1NC(=O)c1ccccc1-c1ccc(C)cc1.Cl. The number of anilines is 2. The zero-order valence-electron chi connectivity index (χ0n) is 32.9. The van der Waals surface area contributed by atoms with Crippen molar-refractivity contribution in [3.05, 3.63) is 107 Å². The maximum Gasteiger partial charge on any atom is 0.258 e. The molecule has 0 aliphatic carbocycles. The zero-order chi connectivity index (χ0) is 39.2. The van der Waals surface area contributed by atoms with Crippen molar-refractivity contribution in [2.75, 3.05) is 83.5 Å². The van der Waals surface area contributed by atoms with E-state index in [1.54, 1.807) is 36.2 Å². The molecular formula is C44H55ClN4O7. The molecule has 2 N–H and O–H groups in total. The summed E-state index contributed by atoms with van der Waals surface area (Å²) >= 11 is 0. The highest BCUT2D eigenvalue weighted by Gasteiger charge is 2.22. The number of hydrogen-bond donors (Lipinski definition) is 2. The van der Waals surface area contributed by atoms with Crippen LogP contribution in [0.3, 0.4) is 0 Å². The number of aryl methyl sites for hydroxylation is 2. The van der Waals surface area contributed by atoms with Crippen molar-refractivity contribution in [1.82, 2.24) is 9.80 Å². The van der Waals surface area contributed by atoms with Gasteiger partial charge in [-0.3, -0.25) is 19.3 Å². The number of hydrogen-bond acceptors (Lipinski definition) is 8. The first-order valence-electron chi connectivity index (χ1n) is 19.0. The van der Waals surface area contributed by atoms with E-state index >= 15 is 0 Å². The van der Waals surface area contributed by atoms with Crippen LogP contribution in [0.15, 0.2) is 84.9 Å². The molecule has 56 heavy (non-hydrogen) atoms. The van der Waals surface area contributed by atoms with Crippen LogP contribution in [0, 0.1) is 13.8 Å². The van der Waals surface area contributed by atoms with E-state index in [4.69, 9.17) is 19.3 Å². The fourth-order valence-electron chi connectivity index (χ4n) is 6.58. The summed E-state index contributed by atoms with van der Waals surface area (Å²) in [5, 5.41) is 11.8. The Morgan fingerprint density at radius 2 is 1.54 bits per heavy atom. The van der Waals surface area contributed by atoms with Gasteiger partial charge >= 0.3 is 0 Å². The number of rotatable bonds is 18. The van der Waals surface area contributed by atoms with Crippen molar-refractivity contribution < 1.29 is 33.7 Å². The van der Waals surface area contributed by atoms with E-state index in [1.807, 2.05) is 79.4 Å². The molecule has 1 saturated heterocycles. The van der Waals surface area contributed by atoms with Gasteiger partial charge in [0.25, 0.3) is 11.8 Å². The van der Waals surface area contributed by atoms with Crippen LogP contribution in [0.4, 0.5) is 11.4 Å². The number of piperazine rings is 1. The van der Waals surface area contributed by atoms with E-state index in [0.29, 0.717) is 60.2 Å². The molecule has 12 heteroatoms. The van der Waals surface area contributed by atoms with Crippen LogP contribution in [-0.4, -0.2) is 106 Å². The predicted octanol–water partition coefficient (Wildman–Crippen LogP) is 7.02. The molecule has 1 aliphatic heterocycles. The third-order valence-electron chi connectivity index (χ3n) is 9.82. The number of carbonyl (C=O) groups is 3. The highest BCUT2D eigenvalue weighted by molar-refractivity contribution is 6.10. The molecule has 300 valence electrons. The summed E-state index contributed by atoms with van der Waals surface area (Å²) in [6.07, 6.45) is 2.93. The Morgan fingerprint density at radius 3 is 2.27 bits per heavy atom. The van der Waals surface area contributed by atoms with Crippen molar-refractivity contribution in [2.45, 2.75) is 39.5 Å². The standard InChI is InChI=1S/C44H54N4O7.ClH/c1-32-13-16-34(17-14-32)36-10-7-8-11-37(36)43(51)45-38-19-18-35(31-40(38)53-4)44(52)46(3)39-20-15-33(2)30-41(39)55-27-9-5-6-12-42(50)48-23-21-47(22-24-48)25-28-54-29-26-49;/h7-8,10-11,13-20,30-31,49H,5-6,9,12,21-29H2,1-4H3,(H,45,51);1H. The summed E-state index contributed by atoms with van der Waals surface area (Å²) in [4.78, 5) is 45.9. The van der Waals surface area contributed by atoms with Crippen molar-refractivity contribution in [1.29, 1.82) is 0 Å². The molecule has 0 saturated carbocycles. The Kier molecular flexibility index (Phi) is 17.2. The lowest BCUT2D eigenvalue weighted by atomic mass is 9.98. The summed E-state index contributed by atoms with van der Waals surface area (Å²) in [6, 6.07) is 26.2. The number of unbranched alkanes of at least 4 members (excludes halogenated alkanes) is 2. The summed E-state index contributed by atoms with van der Waals surface area (Å²) in [7, 11) is 3.22. The van der Waals surface area contributed by atoms with E-state index < -0.39 is 0 Å². The van der Waals surface area contributed by atoms with Gasteiger partial charge in [0.1, 0.15) is 11.5 Å². The summed E-state index contributed by atoms with van der Waals surface area (Å²) in [5.41, 5.74) is 5.91. The molecule has 0 atom stereocenters. The Morgan fingerprint density at radius 1 is 0.804 bits per heavy atom. The van der Waals surface area contributed by atoms with Gasteiger partial charge < -0.3 is 34.4 Å². The number of nitrogens with one attached hydrogen (secondary N) is 1. The van der Waals surface area contributed by atoms with Gasteiger partial charge in [0.05, 0.1) is 44.9 Å². The molecule has 11 nitrogen and oxygen atoms in total. The Bertz CT molecular complexity index is 1900. The van der Waals surface area contributed by atoms with Crippen LogP contribution in [0.2, 0.25) is 0 Å². The number of aliphatic hydroxyl groups excluding tert-OH is 1. The van der Waals surface area contributed by atoms with Gasteiger partial charge in [-0.25, -0.2) is 0 Å². The minimum absolute atomic E-state index is 0. The third-order valence-corrected chi connectivity index (χ3v) is 9.82. The van der Waals surface area contributed by atoms with E-state index in [-0.39, 0.29) is 36.7 Å². The largest absolute Gasteiger partial charge is 0.495 e. The van der Waals surface area contributed by atoms with Gasteiger partial charge in [-0.15, -0.1) is 12.4 Å². The van der Waals surface area contributed by atoms with E-state index in [2.05, 4.69) is 10.2 Å². The van der Waals surface area contributed by atoms with E-state index in [9.17, 15) is 14.4 Å². The number of amides is 3. The second kappa shape index (κ2) is 22.0. The topological polar surface area (TPSA) is 121 Å². The molecule has 5 rings (SSSR count). The van der Waals surface area contributed by atoms with Crippen molar-refractivity contribution in [3.8, 4) is 22.6 Å². The minimum Gasteiger partial charge on any atom is -0.495 e. The van der Waals surface area contributed by atoms with Crippen LogP contribution >= 0.6 is 12.4 Å². The Balaban J connectivity index is 0.00000696. The fourth-order valence-corrected chi connectivity index (χ4v) is 6.58. The van der Waals surface area contributed by atoms with Gasteiger partial charge in [-0.1, -0.05) is 54.1 Å². The monoisotopic (exact) mass is 786 g/mol. The smallest absolute Gasteiger partial charge is 0.258 e. The second-order valence-electron chi connectivity index (χ2n) is 13.8. The fraction of sp³-hybridized carbons (Fsp3) is 0.386. The molecule has 0 unspecified atom stereocenters. The van der Waals surface area contributed by atoms with Crippen LogP contribution in [0.5, 0.6) is 11.5 Å². The second-order valence-corrected chi connectivity index (χ2v) is 13.8. The first kappa shape index (κ1) is 43.8. The van der Waals surface area contributed by atoms with Gasteiger partial charge in [0.15, 0.2) is 0 Å². The third kappa shape index (κ3) is 12.0.